The second kappa shape index (κ2) is 10.5. The van der Waals surface area contributed by atoms with Gasteiger partial charge in [-0.3, -0.25) is 0 Å². The van der Waals surface area contributed by atoms with Crippen molar-refractivity contribution in [1.82, 2.24) is 0 Å². The lowest BCUT2D eigenvalue weighted by atomic mass is 10.3. The number of benzene rings is 3. The highest BCUT2D eigenvalue weighted by atomic mass is 79.9. The van der Waals surface area contributed by atoms with Crippen LogP contribution >= 0.6 is 143 Å². The summed E-state index contributed by atoms with van der Waals surface area (Å²) in [5, 5.41) is 0. The molecule has 0 amide bonds. The van der Waals surface area contributed by atoms with Gasteiger partial charge in [0.15, 0.2) is 14.7 Å². The maximum atomic E-state index is 3.79. The molecule has 28 heavy (non-hydrogen) atoms. The fourth-order valence-corrected chi connectivity index (χ4v) is 14.3. The lowest BCUT2D eigenvalue weighted by molar-refractivity contribution is 1.21. The molecule has 0 unspecified atom stereocenters. The molecule has 0 aliphatic rings. The van der Waals surface area contributed by atoms with Crippen LogP contribution in [0, 0.1) is 0 Å². The molecule has 0 atom stereocenters. The normalized spacial score (nSPS) is 11.4. The molecule has 3 aromatic rings. The summed E-state index contributed by atoms with van der Waals surface area (Å²) in [5.74, 6) is 0. The summed E-state index contributed by atoms with van der Waals surface area (Å²) in [4.78, 5) is 3.45. The molecule has 3 aromatic carbocycles. The maximum Gasteiger partial charge on any atom is 0.195 e. The van der Waals surface area contributed by atoms with Gasteiger partial charge in [0.25, 0.3) is 0 Å². The van der Waals surface area contributed by atoms with Crippen LogP contribution in [0.3, 0.4) is 0 Å². The quantitative estimate of drug-likeness (QED) is 0.230. The predicted octanol–water partition coefficient (Wildman–Crippen LogP) is 11.6. The van der Waals surface area contributed by atoms with Crippen LogP contribution in [-0.4, -0.2) is 0 Å². The van der Waals surface area contributed by atoms with Gasteiger partial charge in [-0.2, -0.15) is 0 Å². The minimum absolute atomic E-state index is 0.453. The van der Waals surface area contributed by atoms with Gasteiger partial charge in [-0.15, -0.1) is 0 Å². The molecule has 0 saturated carbocycles. The summed E-state index contributed by atoms with van der Waals surface area (Å²) < 4.78 is 9.09. The number of halogens is 9. The number of rotatable bonds is 3. The molecular formula is C18H6Br9S+. The Labute approximate surface area is 241 Å². The van der Waals surface area contributed by atoms with Crippen LogP contribution in [0.15, 0.2) is 91.3 Å². The van der Waals surface area contributed by atoms with E-state index in [-0.39, 0.29) is 0 Å². The van der Waals surface area contributed by atoms with Gasteiger partial charge < -0.3 is 0 Å². The van der Waals surface area contributed by atoms with Crippen molar-refractivity contribution in [3.8, 4) is 0 Å². The number of hydrogen-bond acceptors (Lipinski definition) is 0. The highest BCUT2D eigenvalue weighted by molar-refractivity contribution is 9.12. The van der Waals surface area contributed by atoms with E-state index >= 15 is 0 Å². The zero-order valence-corrected chi connectivity index (χ0v) is 28.4. The molecule has 0 aromatic heterocycles. The summed E-state index contributed by atoms with van der Waals surface area (Å²) in [6, 6.07) is 12.4. The molecule has 10 heteroatoms. The van der Waals surface area contributed by atoms with E-state index in [9.17, 15) is 0 Å². The lowest BCUT2D eigenvalue weighted by Gasteiger charge is -2.16. The Morgan fingerprint density at radius 2 is 0.536 bits per heavy atom. The van der Waals surface area contributed by atoms with E-state index in [0.29, 0.717) is 0 Å². The molecule has 0 aliphatic carbocycles. The molecule has 0 aliphatic heterocycles. The van der Waals surface area contributed by atoms with E-state index in [0.717, 1.165) is 54.9 Å². The van der Waals surface area contributed by atoms with E-state index in [1.807, 2.05) is 0 Å². The molecule has 3 rings (SSSR count). The van der Waals surface area contributed by atoms with Crippen LogP contribution < -0.4 is 0 Å². The highest BCUT2D eigenvalue weighted by Gasteiger charge is 2.40. The third kappa shape index (κ3) is 5.45. The smallest absolute Gasteiger partial charge is 0.0507 e. The first-order chi connectivity index (χ1) is 13.1. The molecular weight excluding hydrogens is 967 g/mol. The van der Waals surface area contributed by atoms with Crippen molar-refractivity contribution in [3.63, 3.8) is 0 Å². The summed E-state index contributed by atoms with van der Waals surface area (Å²) in [5.41, 5.74) is 0. The molecule has 0 saturated heterocycles. The zero-order chi connectivity index (χ0) is 20.7. The summed E-state index contributed by atoms with van der Waals surface area (Å²) in [6.07, 6.45) is 0. The number of hydrogen-bond donors (Lipinski definition) is 0. The molecule has 0 heterocycles. The van der Waals surface area contributed by atoms with Gasteiger partial charge in [0.05, 0.1) is 26.8 Å². The van der Waals surface area contributed by atoms with Crippen molar-refractivity contribution in [3.05, 3.63) is 76.7 Å². The Kier molecular flexibility index (Phi) is 9.37. The molecule has 0 fully saturated rings. The van der Waals surface area contributed by atoms with Crippen molar-refractivity contribution in [2.24, 2.45) is 0 Å². The van der Waals surface area contributed by atoms with Gasteiger partial charge in [-0.05, 0) is 132 Å². The van der Waals surface area contributed by atoms with E-state index in [1.165, 1.54) is 0 Å². The van der Waals surface area contributed by atoms with Crippen LogP contribution in [-0.2, 0) is 10.9 Å². The average molecular weight is 973 g/mol. The van der Waals surface area contributed by atoms with E-state index in [2.05, 4.69) is 180 Å². The minimum Gasteiger partial charge on any atom is -0.0507 e. The van der Waals surface area contributed by atoms with Gasteiger partial charge in [-0.1, -0.05) is 47.8 Å². The molecule has 0 radical (unpaired) electrons. The van der Waals surface area contributed by atoms with Crippen LogP contribution in [0.1, 0.15) is 0 Å². The third-order valence-electron chi connectivity index (χ3n) is 3.50. The monoisotopic (exact) mass is 964 g/mol. The molecule has 146 valence electrons. The molecule has 0 spiro atoms. The molecule has 0 nitrogen and oxygen atoms in total. The largest absolute Gasteiger partial charge is 0.195 e. The predicted molar refractivity (Wildman–Crippen MR) is 151 cm³/mol. The first-order valence-corrected chi connectivity index (χ1v) is 15.6. The van der Waals surface area contributed by atoms with Gasteiger partial charge in [0.1, 0.15) is 10.9 Å². The van der Waals surface area contributed by atoms with Gasteiger partial charge in [-0.25, -0.2) is 0 Å². The van der Waals surface area contributed by atoms with E-state index in [4.69, 9.17) is 0 Å². The van der Waals surface area contributed by atoms with E-state index < -0.39 is 10.9 Å². The van der Waals surface area contributed by atoms with Crippen LogP contribution in [0.4, 0.5) is 0 Å². The van der Waals surface area contributed by atoms with E-state index in [1.54, 1.807) is 0 Å². The summed E-state index contributed by atoms with van der Waals surface area (Å²) in [6.45, 7) is 0. The van der Waals surface area contributed by atoms with Crippen molar-refractivity contribution in [1.29, 1.82) is 0 Å². The Balaban J connectivity index is 2.45. The van der Waals surface area contributed by atoms with Crippen molar-refractivity contribution in [2.75, 3.05) is 0 Å². The Bertz CT molecular complexity index is 875. The topological polar surface area (TPSA) is 0 Å². The standard InChI is InChI=1S/C18H6Br9S/c19-7-1-10(22)16(11(23)2-7)28(17-12(24)3-8(20)4-13(17)25)18-14(26)5-9(21)6-15(18)27/h1-6H/q+1. The van der Waals surface area contributed by atoms with Gasteiger partial charge in [0.2, 0.25) is 0 Å². The average Bonchev–Trinajstić information content (AvgIpc) is 2.51. The Morgan fingerprint density at radius 1 is 0.357 bits per heavy atom. The first-order valence-electron chi connectivity index (χ1n) is 7.28. The second-order valence-corrected chi connectivity index (χ2v) is 15.1. The highest BCUT2D eigenvalue weighted by Crippen LogP contribution is 2.50. The maximum absolute atomic E-state index is 3.79. The van der Waals surface area contributed by atoms with Gasteiger partial charge in [0, 0.05) is 13.4 Å². The molecule has 0 N–H and O–H groups in total. The Hall–Kier alpha value is 2.33. The summed E-state index contributed by atoms with van der Waals surface area (Å²) >= 11 is 33.5. The zero-order valence-electron chi connectivity index (χ0n) is 13.3. The fourth-order valence-electron chi connectivity index (χ4n) is 2.48. The summed E-state index contributed by atoms with van der Waals surface area (Å²) in [7, 11) is -0.453. The molecule has 0 bridgehead atoms. The fraction of sp³-hybridized carbons (Fsp3) is 0. The van der Waals surface area contributed by atoms with Crippen molar-refractivity contribution in [2.45, 2.75) is 14.7 Å². The van der Waals surface area contributed by atoms with Crippen LogP contribution in [0.5, 0.6) is 0 Å². The lowest BCUT2D eigenvalue weighted by Crippen LogP contribution is -2.10. The second-order valence-electron chi connectivity index (χ2n) is 5.40. The Morgan fingerprint density at radius 3 is 0.714 bits per heavy atom. The minimum atomic E-state index is -0.453. The van der Waals surface area contributed by atoms with Crippen molar-refractivity contribution < 1.29 is 0 Å². The van der Waals surface area contributed by atoms with Crippen LogP contribution in [0.25, 0.3) is 0 Å². The van der Waals surface area contributed by atoms with Crippen LogP contribution in [0.2, 0.25) is 0 Å². The van der Waals surface area contributed by atoms with Crippen molar-refractivity contribution >= 4 is 154 Å². The SMILES string of the molecule is Brc1cc(Br)c([S+](c2c(Br)cc(Br)cc2Br)c2c(Br)cc(Br)cc2Br)c(Br)c1. The first kappa shape index (κ1) is 25.0. The third-order valence-corrected chi connectivity index (χ3v) is 12.7. The van der Waals surface area contributed by atoms with Gasteiger partial charge >= 0.3 is 0 Å².